The third-order valence-electron chi connectivity index (χ3n) is 6.58. The molecular formula is C30H60N2Na2O4. The van der Waals surface area contributed by atoms with Gasteiger partial charge in [0, 0.05) is 13.1 Å². The molecule has 0 spiro atoms. The van der Waals surface area contributed by atoms with Crippen LogP contribution in [0.25, 0.3) is 0 Å². The second-order valence-electron chi connectivity index (χ2n) is 10.6. The van der Waals surface area contributed by atoms with Crippen molar-refractivity contribution in [2.45, 2.75) is 142 Å². The predicted molar refractivity (Wildman–Crippen MR) is 149 cm³/mol. The van der Waals surface area contributed by atoms with E-state index in [-0.39, 0.29) is 72.2 Å². The van der Waals surface area contributed by atoms with Crippen LogP contribution >= 0.6 is 0 Å². The van der Waals surface area contributed by atoms with Gasteiger partial charge in [-0.05, 0) is 40.0 Å². The van der Waals surface area contributed by atoms with Crippen LogP contribution in [0.4, 0.5) is 0 Å². The van der Waals surface area contributed by atoms with Gasteiger partial charge in [0.05, 0.1) is 11.9 Å². The number of nitrogens with zero attached hydrogens (tertiary/aromatic N) is 2. The van der Waals surface area contributed by atoms with Crippen LogP contribution in [-0.4, -0.2) is 62.0 Å². The van der Waals surface area contributed by atoms with Crippen molar-refractivity contribution in [1.82, 2.24) is 9.80 Å². The van der Waals surface area contributed by atoms with Crippen molar-refractivity contribution in [3.63, 3.8) is 0 Å². The molecule has 0 aliphatic heterocycles. The molecule has 216 valence electrons. The summed E-state index contributed by atoms with van der Waals surface area (Å²) in [6, 6.07) is 0. The molecule has 0 fully saturated rings. The molecule has 6 nitrogen and oxygen atoms in total. The standard InChI is InChI=1S/2C15H31NO2.2Na/c2*1-3-4-5-6-7-8-9-10-11-12-13-16(2)14-15(17)18;;/h2*3-14H2,1-2H3,(H,17,18);;/q;;2*+1/p-2. The largest absolute Gasteiger partial charge is 1.00 e. The zero-order valence-electron chi connectivity index (χ0n) is 26.5. The number of likely N-dealkylation sites (N-methyl/N-ethyl adjacent to an activating group) is 2. The summed E-state index contributed by atoms with van der Waals surface area (Å²) in [7, 11) is 3.67. The van der Waals surface area contributed by atoms with Crippen LogP contribution in [0, 0.1) is 0 Å². The molecule has 0 heterocycles. The molecule has 0 atom stereocenters. The van der Waals surface area contributed by atoms with Gasteiger partial charge >= 0.3 is 59.1 Å². The molecule has 0 radical (unpaired) electrons. The normalized spacial score (nSPS) is 10.5. The van der Waals surface area contributed by atoms with E-state index in [1.54, 1.807) is 0 Å². The minimum Gasteiger partial charge on any atom is -0.549 e. The third kappa shape index (κ3) is 43.9. The number of aliphatic carboxylic acids is 2. The van der Waals surface area contributed by atoms with E-state index in [4.69, 9.17) is 0 Å². The molecule has 0 saturated carbocycles. The molecule has 0 aromatic carbocycles. The Morgan fingerprint density at radius 2 is 0.658 bits per heavy atom. The molecule has 0 amide bonds. The Labute approximate surface area is 281 Å². The number of carboxylic acid groups (broad SMARTS) is 2. The van der Waals surface area contributed by atoms with Crippen molar-refractivity contribution >= 4 is 11.9 Å². The molecule has 38 heavy (non-hydrogen) atoms. The van der Waals surface area contributed by atoms with Crippen molar-refractivity contribution in [1.29, 1.82) is 0 Å². The van der Waals surface area contributed by atoms with Gasteiger partial charge in [0.1, 0.15) is 0 Å². The third-order valence-corrected chi connectivity index (χ3v) is 6.58. The first-order valence-electron chi connectivity index (χ1n) is 15.1. The first-order chi connectivity index (χ1) is 17.3. The summed E-state index contributed by atoms with van der Waals surface area (Å²) < 4.78 is 0. The average Bonchev–Trinajstić information content (AvgIpc) is 2.81. The fourth-order valence-electron chi connectivity index (χ4n) is 4.34. The number of hydrogen-bond donors (Lipinski definition) is 0. The average molecular weight is 559 g/mol. The van der Waals surface area contributed by atoms with Crippen LogP contribution in [0.15, 0.2) is 0 Å². The summed E-state index contributed by atoms with van der Waals surface area (Å²) >= 11 is 0. The second kappa shape index (κ2) is 37.9. The number of unbranched alkanes of at least 4 members (excludes halogenated alkanes) is 18. The Bertz CT molecular complexity index is 443. The summed E-state index contributed by atoms with van der Waals surface area (Å²) in [5.41, 5.74) is 0. The van der Waals surface area contributed by atoms with E-state index in [1.807, 2.05) is 23.9 Å². The first kappa shape index (κ1) is 45.8. The Morgan fingerprint density at radius 1 is 0.447 bits per heavy atom. The first-order valence-corrected chi connectivity index (χ1v) is 15.1. The van der Waals surface area contributed by atoms with Gasteiger partial charge in [0.2, 0.25) is 0 Å². The summed E-state index contributed by atoms with van der Waals surface area (Å²) in [6.45, 7) is 6.33. The van der Waals surface area contributed by atoms with Crippen molar-refractivity contribution in [3.05, 3.63) is 0 Å². The van der Waals surface area contributed by atoms with E-state index in [0.717, 1.165) is 25.9 Å². The Hall–Kier alpha value is 0.860. The van der Waals surface area contributed by atoms with Gasteiger partial charge in [-0.3, -0.25) is 0 Å². The quantitative estimate of drug-likeness (QED) is 0.102. The fourth-order valence-corrected chi connectivity index (χ4v) is 4.34. The van der Waals surface area contributed by atoms with E-state index in [0.29, 0.717) is 0 Å². The monoisotopic (exact) mass is 558 g/mol. The van der Waals surface area contributed by atoms with Crippen LogP contribution in [0.1, 0.15) is 142 Å². The van der Waals surface area contributed by atoms with Crippen LogP contribution in [0.2, 0.25) is 0 Å². The zero-order valence-corrected chi connectivity index (χ0v) is 30.5. The number of rotatable bonds is 26. The Kier molecular flexibility index (Phi) is 45.7. The molecule has 0 unspecified atom stereocenters. The van der Waals surface area contributed by atoms with Crippen molar-refractivity contribution in [3.8, 4) is 0 Å². The molecule has 0 aromatic heterocycles. The maximum atomic E-state index is 10.3. The molecule has 0 aliphatic rings. The van der Waals surface area contributed by atoms with E-state index in [9.17, 15) is 19.8 Å². The van der Waals surface area contributed by atoms with Crippen LogP contribution in [0.5, 0.6) is 0 Å². The second-order valence-corrected chi connectivity index (χ2v) is 10.6. The van der Waals surface area contributed by atoms with Gasteiger partial charge in [-0.1, -0.05) is 129 Å². The van der Waals surface area contributed by atoms with Crippen molar-refractivity contribution in [2.24, 2.45) is 0 Å². The van der Waals surface area contributed by atoms with E-state index in [2.05, 4.69) is 13.8 Å². The fraction of sp³-hybridized carbons (Fsp3) is 0.933. The summed E-state index contributed by atoms with van der Waals surface area (Å²) in [4.78, 5) is 24.3. The van der Waals surface area contributed by atoms with E-state index in [1.165, 1.54) is 116 Å². The van der Waals surface area contributed by atoms with Gasteiger partial charge in [-0.2, -0.15) is 0 Å². The molecule has 0 aromatic rings. The van der Waals surface area contributed by atoms with Crippen LogP contribution in [0.3, 0.4) is 0 Å². The number of carbonyl (C=O) groups excluding carboxylic acids is 2. The SMILES string of the molecule is CCCCCCCCCCCCN(C)CC(=O)[O-].CCCCCCCCCCCCN(C)CC(=O)[O-].[Na+].[Na+]. The topological polar surface area (TPSA) is 86.7 Å². The van der Waals surface area contributed by atoms with Gasteiger partial charge < -0.3 is 29.6 Å². The van der Waals surface area contributed by atoms with Crippen molar-refractivity contribution < 1.29 is 78.9 Å². The molecule has 0 N–H and O–H groups in total. The molecule has 0 aliphatic carbocycles. The van der Waals surface area contributed by atoms with Crippen LogP contribution in [-0.2, 0) is 9.59 Å². The minimum absolute atomic E-state index is 0. The Morgan fingerprint density at radius 3 is 0.868 bits per heavy atom. The molecule has 0 bridgehead atoms. The molecule has 0 saturated heterocycles. The number of carboxylic acids is 2. The van der Waals surface area contributed by atoms with Crippen molar-refractivity contribution in [2.75, 3.05) is 40.3 Å². The smallest absolute Gasteiger partial charge is 0.549 e. The van der Waals surface area contributed by atoms with Gasteiger partial charge in [0.25, 0.3) is 0 Å². The minimum atomic E-state index is -0.982. The van der Waals surface area contributed by atoms with Gasteiger partial charge in [-0.15, -0.1) is 0 Å². The van der Waals surface area contributed by atoms with Crippen LogP contribution < -0.4 is 69.3 Å². The Balaban J connectivity index is -0.000000289. The predicted octanol–water partition coefficient (Wildman–Crippen LogP) is -0.814. The van der Waals surface area contributed by atoms with E-state index >= 15 is 0 Å². The van der Waals surface area contributed by atoms with E-state index < -0.39 is 11.9 Å². The van der Waals surface area contributed by atoms with Gasteiger partial charge in [0.15, 0.2) is 0 Å². The number of hydrogen-bond acceptors (Lipinski definition) is 6. The summed E-state index contributed by atoms with van der Waals surface area (Å²) in [5.74, 6) is -1.96. The summed E-state index contributed by atoms with van der Waals surface area (Å²) in [6.07, 6.45) is 26.3. The molecular weight excluding hydrogens is 498 g/mol. The molecule has 8 heteroatoms. The van der Waals surface area contributed by atoms with Gasteiger partial charge in [-0.25, -0.2) is 0 Å². The summed E-state index contributed by atoms with van der Waals surface area (Å²) in [5, 5.41) is 20.7. The maximum Gasteiger partial charge on any atom is 1.00 e. The maximum absolute atomic E-state index is 10.3. The molecule has 0 rings (SSSR count). The number of carbonyl (C=O) groups is 2. The zero-order chi connectivity index (χ0) is 27.3.